The molecule has 5 nitrogen and oxygen atoms in total. The summed E-state index contributed by atoms with van der Waals surface area (Å²) in [7, 11) is 0. The number of carbonyl (C=O) groups is 1. The number of nitrogens with zero attached hydrogens (tertiary/aromatic N) is 1. The highest BCUT2D eigenvalue weighted by Gasteiger charge is 2.37. The number of rotatable bonds is 4. The molecule has 0 bridgehead atoms. The smallest absolute Gasteiger partial charge is 0.433 e. The van der Waals surface area contributed by atoms with Gasteiger partial charge < -0.3 is 15.1 Å². The van der Waals surface area contributed by atoms with Crippen LogP contribution in [-0.2, 0) is 11.0 Å². The predicted octanol–water partition coefficient (Wildman–Crippen LogP) is 3.60. The fraction of sp³-hybridized carbons (Fsp3) is 0.467. The van der Waals surface area contributed by atoms with E-state index in [1.165, 1.54) is 18.2 Å². The molecule has 0 aliphatic carbocycles. The van der Waals surface area contributed by atoms with Crippen LogP contribution in [0, 0.1) is 5.92 Å². The van der Waals surface area contributed by atoms with Crippen molar-refractivity contribution in [2.75, 3.05) is 18.4 Å². The minimum atomic E-state index is -4.63. The fourth-order valence-corrected chi connectivity index (χ4v) is 2.65. The van der Waals surface area contributed by atoms with Crippen molar-refractivity contribution in [2.24, 2.45) is 5.92 Å². The molecule has 1 atom stereocenters. The summed E-state index contributed by atoms with van der Waals surface area (Å²) >= 11 is 0. The van der Waals surface area contributed by atoms with Gasteiger partial charge in [-0.15, -0.1) is 12.4 Å². The molecule has 9 heteroatoms. The van der Waals surface area contributed by atoms with Gasteiger partial charge in [-0.05, 0) is 50.0 Å². The number of hydrogen-bond donors (Lipinski definition) is 2. The number of oxazole rings is 1. The van der Waals surface area contributed by atoms with Crippen LogP contribution in [0.1, 0.15) is 25.2 Å². The molecular weight excluding hydrogens is 347 g/mol. The number of alkyl halides is 3. The molecule has 3 rings (SSSR count). The van der Waals surface area contributed by atoms with E-state index >= 15 is 0 Å². The van der Waals surface area contributed by atoms with E-state index in [-0.39, 0.29) is 29.4 Å². The Morgan fingerprint density at radius 2 is 2.21 bits per heavy atom. The molecule has 1 aliphatic rings. The van der Waals surface area contributed by atoms with Crippen LogP contribution in [0.25, 0.3) is 11.1 Å². The van der Waals surface area contributed by atoms with Crippen molar-refractivity contribution in [3.05, 3.63) is 24.1 Å². The average Bonchev–Trinajstić information content (AvgIpc) is 3.13. The van der Waals surface area contributed by atoms with Crippen LogP contribution in [0.4, 0.5) is 18.9 Å². The Labute approximate surface area is 142 Å². The summed E-state index contributed by atoms with van der Waals surface area (Å²) in [5.41, 5.74) is 0.511. The quantitative estimate of drug-likeness (QED) is 0.871. The molecule has 1 aromatic carbocycles. The minimum absolute atomic E-state index is 0. The number of anilines is 1. The van der Waals surface area contributed by atoms with Crippen LogP contribution in [0.2, 0.25) is 0 Å². The predicted molar refractivity (Wildman–Crippen MR) is 85.1 cm³/mol. The summed E-state index contributed by atoms with van der Waals surface area (Å²) < 4.78 is 42.3. The van der Waals surface area contributed by atoms with Gasteiger partial charge in [-0.2, -0.15) is 13.2 Å². The Balaban J connectivity index is 0.00000208. The first-order valence-electron chi connectivity index (χ1n) is 7.40. The van der Waals surface area contributed by atoms with Gasteiger partial charge in [0.15, 0.2) is 5.58 Å². The van der Waals surface area contributed by atoms with Crippen LogP contribution in [0.3, 0.4) is 0 Å². The number of nitrogens with one attached hydrogen (secondary N) is 2. The number of fused-ring (bicyclic) bond motifs is 1. The van der Waals surface area contributed by atoms with Gasteiger partial charge in [-0.3, -0.25) is 4.79 Å². The second kappa shape index (κ2) is 7.40. The maximum atomic E-state index is 12.6. The first kappa shape index (κ1) is 18.5. The fourth-order valence-electron chi connectivity index (χ4n) is 2.65. The van der Waals surface area contributed by atoms with Crippen LogP contribution in [0.5, 0.6) is 0 Å². The third-order valence-corrected chi connectivity index (χ3v) is 3.86. The van der Waals surface area contributed by atoms with Gasteiger partial charge in [0.2, 0.25) is 5.91 Å². The molecule has 1 aliphatic heterocycles. The molecule has 1 aromatic heterocycles. The lowest BCUT2D eigenvalue weighted by Crippen LogP contribution is -2.14. The summed E-state index contributed by atoms with van der Waals surface area (Å²) in [6, 6.07) is 4.25. The topological polar surface area (TPSA) is 67.2 Å². The molecule has 24 heavy (non-hydrogen) atoms. The van der Waals surface area contributed by atoms with Crippen molar-refractivity contribution in [3.63, 3.8) is 0 Å². The molecule has 2 N–H and O–H groups in total. The number of amides is 1. The van der Waals surface area contributed by atoms with E-state index in [0.29, 0.717) is 18.0 Å². The van der Waals surface area contributed by atoms with Crippen LogP contribution in [0.15, 0.2) is 22.6 Å². The Morgan fingerprint density at radius 1 is 1.42 bits per heavy atom. The molecule has 0 radical (unpaired) electrons. The standard InChI is InChI=1S/C15H16F3N3O2.ClH/c16-15(17,18)14-21-11-7-10(2-3-12(11)23-14)20-13(22)4-1-9-5-6-19-8-9;/h2-3,7,9,19H,1,4-6,8H2,(H,20,22);1H. The van der Waals surface area contributed by atoms with E-state index in [1.807, 2.05) is 0 Å². The van der Waals surface area contributed by atoms with Gasteiger partial charge in [0.05, 0.1) is 0 Å². The van der Waals surface area contributed by atoms with Crippen molar-refractivity contribution in [1.29, 1.82) is 0 Å². The molecule has 0 saturated carbocycles. The number of benzene rings is 1. The van der Waals surface area contributed by atoms with Gasteiger partial charge >= 0.3 is 12.1 Å². The third kappa shape index (κ3) is 4.39. The van der Waals surface area contributed by atoms with Crippen LogP contribution >= 0.6 is 12.4 Å². The van der Waals surface area contributed by atoms with Crippen LogP contribution in [-0.4, -0.2) is 24.0 Å². The van der Waals surface area contributed by atoms with E-state index in [4.69, 9.17) is 0 Å². The Morgan fingerprint density at radius 3 is 2.88 bits per heavy atom. The highest BCUT2D eigenvalue weighted by molar-refractivity contribution is 5.92. The van der Waals surface area contributed by atoms with Crippen molar-refractivity contribution < 1.29 is 22.4 Å². The average molecular weight is 364 g/mol. The zero-order chi connectivity index (χ0) is 16.4. The van der Waals surface area contributed by atoms with Gasteiger partial charge in [-0.1, -0.05) is 0 Å². The van der Waals surface area contributed by atoms with Crippen LogP contribution < -0.4 is 10.6 Å². The van der Waals surface area contributed by atoms with Gasteiger partial charge in [0.25, 0.3) is 0 Å². The highest BCUT2D eigenvalue weighted by atomic mass is 35.5. The number of aromatic nitrogens is 1. The van der Waals surface area contributed by atoms with E-state index in [0.717, 1.165) is 25.9 Å². The molecule has 1 amide bonds. The molecule has 132 valence electrons. The van der Waals surface area contributed by atoms with Gasteiger partial charge in [0, 0.05) is 12.1 Å². The van der Waals surface area contributed by atoms with E-state index in [2.05, 4.69) is 20.0 Å². The number of halogens is 4. The maximum absolute atomic E-state index is 12.6. The molecule has 1 unspecified atom stereocenters. The number of hydrogen-bond acceptors (Lipinski definition) is 4. The Bertz CT molecular complexity index is 712. The highest BCUT2D eigenvalue weighted by Crippen LogP contribution is 2.31. The summed E-state index contributed by atoms with van der Waals surface area (Å²) in [6.45, 7) is 1.91. The SMILES string of the molecule is Cl.O=C(CCC1CCNC1)Nc1ccc2oc(C(F)(F)F)nc2c1. The first-order valence-corrected chi connectivity index (χ1v) is 7.40. The van der Waals surface area contributed by atoms with Gasteiger partial charge in [0.1, 0.15) is 5.52 Å². The Hall–Kier alpha value is -1.80. The minimum Gasteiger partial charge on any atom is -0.433 e. The molecule has 1 saturated heterocycles. The van der Waals surface area contributed by atoms with Gasteiger partial charge in [-0.25, -0.2) is 4.98 Å². The molecule has 2 heterocycles. The lowest BCUT2D eigenvalue weighted by molar-refractivity contribution is -0.156. The lowest BCUT2D eigenvalue weighted by Gasteiger charge is -2.08. The normalized spacial score (nSPS) is 17.7. The van der Waals surface area contributed by atoms with E-state index in [1.54, 1.807) is 0 Å². The largest absolute Gasteiger partial charge is 0.468 e. The monoisotopic (exact) mass is 363 g/mol. The maximum Gasteiger partial charge on any atom is 0.468 e. The van der Waals surface area contributed by atoms with E-state index in [9.17, 15) is 18.0 Å². The second-order valence-corrected chi connectivity index (χ2v) is 5.64. The molecular formula is C15H17ClF3N3O2. The summed E-state index contributed by atoms with van der Waals surface area (Å²) in [5, 5.41) is 5.92. The zero-order valence-electron chi connectivity index (χ0n) is 12.7. The molecule has 1 fully saturated rings. The summed E-state index contributed by atoms with van der Waals surface area (Å²) in [5.74, 6) is -0.936. The Kier molecular flexibility index (Phi) is 5.71. The van der Waals surface area contributed by atoms with E-state index < -0.39 is 12.1 Å². The van der Waals surface area contributed by atoms with Crippen molar-refractivity contribution in [1.82, 2.24) is 10.3 Å². The van der Waals surface area contributed by atoms with Crippen molar-refractivity contribution in [3.8, 4) is 0 Å². The molecule has 0 spiro atoms. The summed E-state index contributed by atoms with van der Waals surface area (Å²) in [6.07, 6.45) is -2.38. The lowest BCUT2D eigenvalue weighted by atomic mass is 10.0. The zero-order valence-corrected chi connectivity index (χ0v) is 13.5. The summed E-state index contributed by atoms with van der Waals surface area (Å²) in [4.78, 5) is 15.3. The third-order valence-electron chi connectivity index (χ3n) is 3.86. The second-order valence-electron chi connectivity index (χ2n) is 5.64. The molecule has 2 aromatic rings. The first-order chi connectivity index (χ1) is 10.9. The number of carbonyl (C=O) groups excluding carboxylic acids is 1. The van der Waals surface area contributed by atoms with Crippen molar-refractivity contribution >= 4 is 35.1 Å². The van der Waals surface area contributed by atoms with Crippen molar-refractivity contribution in [2.45, 2.75) is 25.4 Å².